The van der Waals surface area contributed by atoms with Crippen LogP contribution in [-0.4, -0.2) is 24.1 Å². The lowest BCUT2D eigenvalue weighted by Gasteiger charge is -2.29. The number of ketones is 1. The van der Waals surface area contributed by atoms with E-state index in [1.54, 1.807) is 19.1 Å². The number of rotatable bonds is 11. The average Bonchev–Trinajstić information content (AvgIpc) is 2.98. The number of Topliss-reactive ketones (excluding diaryl/α,β-unsaturated/α-hetero) is 1. The number of carbonyl (C=O) groups excluding carboxylic acids is 2. The smallest absolute Gasteiger partial charge is 0.337 e. The third-order valence-electron chi connectivity index (χ3n) is 6.38. The Labute approximate surface area is 239 Å². The Morgan fingerprint density at radius 3 is 2.38 bits per heavy atom. The average molecular weight is 551 g/mol. The fourth-order valence-electron chi connectivity index (χ4n) is 4.30. The first-order valence-electron chi connectivity index (χ1n) is 12.8. The van der Waals surface area contributed by atoms with Crippen molar-refractivity contribution < 1.29 is 19.1 Å². The van der Waals surface area contributed by atoms with E-state index in [0.29, 0.717) is 39.8 Å². The van der Waals surface area contributed by atoms with Gasteiger partial charge in [-0.1, -0.05) is 96.7 Å². The molecule has 1 atom stereocenters. The predicted octanol–water partition coefficient (Wildman–Crippen LogP) is 6.62. The highest BCUT2D eigenvalue weighted by Gasteiger charge is 2.35. The third kappa shape index (κ3) is 6.90. The number of hydrogen-bond acceptors (Lipinski definition) is 7. The van der Waals surface area contributed by atoms with Crippen LogP contribution in [0.25, 0.3) is 0 Å². The van der Waals surface area contributed by atoms with E-state index in [1.807, 2.05) is 73.7 Å². The zero-order chi connectivity index (χ0) is 28.5. The number of hydrogen-bond donors (Lipinski definition) is 1. The summed E-state index contributed by atoms with van der Waals surface area (Å²) in [5.74, 6) is -0.459. The second-order valence-electron chi connectivity index (χ2n) is 9.26. The van der Waals surface area contributed by atoms with Gasteiger partial charge in [0, 0.05) is 11.3 Å². The third-order valence-corrected chi connectivity index (χ3v) is 7.40. The molecule has 0 spiro atoms. The highest BCUT2D eigenvalue weighted by molar-refractivity contribution is 8.03. The molecule has 1 N–H and O–H groups in total. The maximum absolute atomic E-state index is 13.1. The minimum atomic E-state index is -0.677. The van der Waals surface area contributed by atoms with Gasteiger partial charge in [-0.2, -0.15) is 5.26 Å². The molecule has 7 heteroatoms. The molecule has 0 bridgehead atoms. The van der Waals surface area contributed by atoms with Gasteiger partial charge in [0.15, 0.2) is 5.78 Å². The van der Waals surface area contributed by atoms with Gasteiger partial charge in [0.25, 0.3) is 0 Å². The van der Waals surface area contributed by atoms with Crippen LogP contribution in [0.3, 0.4) is 0 Å². The molecular formula is C33H30N2O4S. The monoisotopic (exact) mass is 550 g/mol. The Bertz CT molecular complexity index is 1480. The lowest BCUT2D eigenvalue weighted by atomic mass is 9.82. The number of nitriles is 1. The lowest BCUT2D eigenvalue weighted by Crippen LogP contribution is -2.29. The quantitative estimate of drug-likeness (QED) is 0.163. The van der Waals surface area contributed by atoms with E-state index in [4.69, 9.17) is 9.47 Å². The number of benzene rings is 3. The van der Waals surface area contributed by atoms with Crippen molar-refractivity contribution in [3.05, 3.63) is 136 Å². The van der Waals surface area contributed by atoms with Crippen LogP contribution in [-0.2, 0) is 16.1 Å². The van der Waals surface area contributed by atoms with E-state index in [-0.39, 0.29) is 18.1 Å². The standard InChI is InChI=1S/C33H30N2O4S/c1-4-18-38-33(37)30-23(3)35-32(40-21-29(36)25-12-10-22(2)11-13-25)28(19-34)31(30)26-14-16-27(17-15-26)39-20-24-8-6-5-7-9-24/h4-17,31,35H,1,18,20-21H2,2-3H3. The summed E-state index contributed by atoms with van der Waals surface area (Å²) in [4.78, 5) is 26.0. The van der Waals surface area contributed by atoms with Gasteiger partial charge in [-0.05, 0) is 37.1 Å². The molecule has 1 heterocycles. The van der Waals surface area contributed by atoms with Crippen molar-refractivity contribution in [2.75, 3.05) is 12.4 Å². The van der Waals surface area contributed by atoms with E-state index < -0.39 is 11.9 Å². The maximum Gasteiger partial charge on any atom is 0.337 e. The van der Waals surface area contributed by atoms with E-state index in [9.17, 15) is 14.9 Å². The van der Waals surface area contributed by atoms with Crippen LogP contribution in [0.1, 0.15) is 39.9 Å². The molecule has 0 saturated heterocycles. The van der Waals surface area contributed by atoms with E-state index >= 15 is 0 Å². The van der Waals surface area contributed by atoms with Crippen LogP contribution in [0, 0.1) is 18.3 Å². The topological polar surface area (TPSA) is 88.4 Å². The van der Waals surface area contributed by atoms with Crippen molar-refractivity contribution in [3.63, 3.8) is 0 Å². The van der Waals surface area contributed by atoms with Gasteiger partial charge < -0.3 is 14.8 Å². The maximum atomic E-state index is 13.1. The molecule has 40 heavy (non-hydrogen) atoms. The molecule has 0 amide bonds. The van der Waals surface area contributed by atoms with Crippen molar-refractivity contribution in [2.24, 2.45) is 0 Å². The van der Waals surface area contributed by atoms with E-state index in [0.717, 1.165) is 16.7 Å². The molecule has 1 aliphatic heterocycles. The number of ether oxygens (including phenoxy) is 2. The molecule has 0 aromatic heterocycles. The van der Waals surface area contributed by atoms with Crippen molar-refractivity contribution in [1.29, 1.82) is 5.26 Å². The number of carbonyl (C=O) groups is 2. The first-order valence-corrected chi connectivity index (χ1v) is 13.8. The number of thioether (sulfide) groups is 1. The summed E-state index contributed by atoms with van der Waals surface area (Å²) >= 11 is 1.25. The zero-order valence-electron chi connectivity index (χ0n) is 22.5. The highest BCUT2D eigenvalue weighted by Crippen LogP contribution is 2.41. The van der Waals surface area contributed by atoms with Gasteiger partial charge in [0.2, 0.25) is 0 Å². The summed E-state index contributed by atoms with van der Waals surface area (Å²) in [5, 5.41) is 14.0. The molecule has 1 aliphatic rings. The van der Waals surface area contributed by atoms with Gasteiger partial charge >= 0.3 is 5.97 Å². The van der Waals surface area contributed by atoms with Gasteiger partial charge in [-0.3, -0.25) is 4.79 Å². The number of aryl methyl sites for hydroxylation is 1. The Balaban J connectivity index is 1.61. The van der Waals surface area contributed by atoms with Crippen LogP contribution < -0.4 is 10.1 Å². The van der Waals surface area contributed by atoms with E-state index in [2.05, 4.69) is 18.0 Å². The highest BCUT2D eigenvalue weighted by atomic mass is 32.2. The minimum Gasteiger partial charge on any atom is -0.489 e. The van der Waals surface area contributed by atoms with Gasteiger partial charge in [0.05, 0.1) is 33.9 Å². The summed E-state index contributed by atoms with van der Waals surface area (Å²) in [6.45, 7) is 7.82. The van der Waals surface area contributed by atoms with Crippen LogP contribution in [0.4, 0.5) is 0 Å². The van der Waals surface area contributed by atoms with Gasteiger partial charge in [-0.15, -0.1) is 0 Å². The Hall–Kier alpha value is -4.54. The van der Waals surface area contributed by atoms with Crippen LogP contribution in [0.15, 0.2) is 113 Å². The number of dihydropyridines is 1. The first-order chi connectivity index (χ1) is 19.4. The molecule has 4 rings (SSSR count). The van der Waals surface area contributed by atoms with Crippen molar-refractivity contribution in [2.45, 2.75) is 26.4 Å². The molecule has 202 valence electrons. The normalized spacial score (nSPS) is 14.7. The molecule has 0 aliphatic carbocycles. The summed E-state index contributed by atoms with van der Waals surface area (Å²) in [6, 6.07) is 26.9. The summed E-state index contributed by atoms with van der Waals surface area (Å²) in [7, 11) is 0. The number of nitrogens with one attached hydrogen (secondary N) is 1. The van der Waals surface area contributed by atoms with Crippen LogP contribution in [0.5, 0.6) is 5.75 Å². The van der Waals surface area contributed by atoms with E-state index in [1.165, 1.54) is 17.8 Å². The summed E-state index contributed by atoms with van der Waals surface area (Å²) < 4.78 is 11.3. The number of allylic oxidation sites excluding steroid dienone is 2. The fourth-order valence-corrected chi connectivity index (χ4v) is 5.29. The van der Waals surface area contributed by atoms with Crippen molar-refractivity contribution in [1.82, 2.24) is 5.32 Å². The van der Waals surface area contributed by atoms with Gasteiger partial charge in [0.1, 0.15) is 19.0 Å². The Morgan fingerprint density at radius 2 is 1.73 bits per heavy atom. The second kappa shape index (κ2) is 13.5. The zero-order valence-corrected chi connectivity index (χ0v) is 23.3. The molecule has 1 unspecified atom stereocenters. The summed E-state index contributed by atoms with van der Waals surface area (Å²) in [6.07, 6.45) is 1.50. The molecule has 3 aromatic rings. The van der Waals surface area contributed by atoms with Crippen molar-refractivity contribution >= 4 is 23.5 Å². The van der Waals surface area contributed by atoms with Crippen molar-refractivity contribution in [3.8, 4) is 11.8 Å². The largest absolute Gasteiger partial charge is 0.489 e. The molecule has 0 saturated carbocycles. The second-order valence-corrected chi connectivity index (χ2v) is 10.2. The Morgan fingerprint density at radius 1 is 1.02 bits per heavy atom. The molecule has 6 nitrogen and oxygen atoms in total. The first kappa shape index (κ1) is 28.5. The van der Waals surface area contributed by atoms with Crippen LogP contribution >= 0.6 is 11.8 Å². The minimum absolute atomic E-state index is 0.0485. The molecule has 0 radical (unpaired) electrons. The molecule has 3 aromatic carbocycles. The Kier molecular flexibility index (Phi) is 9.61. The number of nitrogens with zero attached hydrogens (tertiary/aromatic N) is 1. The predicted molar refractivity (Wildman–Crippen MR) is 158 cm³/mol. The number of esters is 1. The van der Waals surface area contributed by atoms with Gasteiger partial charge in [-0.25, -0.2) is 4.79 Å². The van der Waals surface area contributed by atoms with Crippen LogP contribution in [0.2, 0.25) is 0 Å². The molecular weight excluding hydrogens is 520 g/mol. The summed E-state index contributed by atoms with van der Waals surface area (Å²) in [5.41, 5.74) is 4.71. The lowest BCUT2D eigenvalue weighted by molar-refractivity contribution is -0.138. The fraction of sp³-hybridized carbons (Fsp3) is 0.182. The molecule has 0 fully saturated rings. The SMILES string of the molecule is C=CCOC(=O)C1=C(C)NC(SCC(=O)c2ccc(C)cc2)=C(C#N)C1c1ccc(OCc2ccccc2)cc1.